The topological polar surface area (TPSA) is 131 Å². The van der Waals surface area contributed by atoms with Gasteiger partial charge in [-0.25, -0.2) is 32.7 Å². The van der Waals surface area contributed by atoms with Gasteiger partial charge in [0.05, 0.1) is 23.8 Å². The second kappa shape index (κ2) is 6.86. The highest BCUT2D eigenvalue weighted by Gasteiger charge is 2.27. The van der Waals surface area contributed by atoms with E-state index in [1.54, 1.807) is 18.6 Å². The van der Waals surface area contributed by atoms with E-state index in [1.807, 2.05) is 6.07 Å². The standard InChI is InChI=1S/C17H21N7O2S/c1-27(25,26)24-6-2-3-11(10-24)7-14-12(8-21-17(18)23-14)15-9-20-16-13(22-15)4-5-19-16/h4-5,8-9,11H,2-3,6-7,10H2,1H3,(H,19,20)(H2,18,21,23)/t11-/m1/s1. The van der Waals surface area contributed by atoms with E-state index in [-0.39, 0.29) is 11.9 Å². The number of rotatable bonds is 4. The second-order valence-corrected chi connectivity index (χ2v) is 8.87. The van der Waals surface area contributed by atoms with Crippen molar-refractivity contribution in [3.05, 3.63) is 30.4 Å². The average Bonchev–Trinajstić information content (AvgIpc) is 3.09. The summed E-state index contributed by atoms with van der Waals surface area (Å²) in [6.07, 6.45) is 8.78. The molecule has 4 rings (SSSR count). The van der Waals surface area contributed by atoms with Crippen LogP contribution < -0.4 is 5.73 Å². The van der Waals surface area contributed by atoms with E-state index >= 15 is 0 Å². The van der Waals surface area contributed by atoms with Gasteiger partial charge in [-0.05, 0) is 31.2 Å². The van der Waals surface area contributed by atoms with E-state index in [0.29, 0.717) is 30.9 Å². The van der Waals surface area contributed by atoms with Crippen molar-refractivity contribution in [1.29, 1.82) is 0 Å². The lowest BCUT2D eigenvalue weighted by molar-refractivity contribution is 0.265. The number of piperidine rings is 1. The van der Waals surface area contributed by atoms with E-state index in [4.69, 9.17) is 5.73 Å². The first-order valence-corrected chi connectivity index (χ1v) is 10.6. The van der Waals surface area contributed by atoms with Crippen LogP contribution >= 0.6 is 0 Å². The Balaban J connectivity index is 1.65. The molecule has 3 aromatic heterocycles. The molecule has 142 valence electrons. The van der Waals surface area contributed by atoms with Crippen LogP contribution in [0, 0.1) is 5.92 Å². The number of nitrogen functional groups attached to an aromatic ring is 1. The third-order valence-electron chi connectivity index (χ3n) is 4.86. The minimum atomic E-state index is -3.19. The van der Waals surface area contributed by atoms with Crippen molar-refractivity contribution in [2.75, 3.05) is 25.1 Å². The monoisotopic (exact) mass is 387 g/mol. The molecule has 10 heteroatoms. The molecule has 0 spiro atoms. The Labute approximate surface area is 157 Å². The fourth-order valence-electron chi connectivity index (χ4n) is 3.53. The molecule has 0 amide bonds. The zero-order chi connectivity index (χ0) is 19.0. The molecule has 27 heavy (non-hydrogen) atoms. The second-order valence-electron chi connectivity index (χ2n) is 6.89. The number of nitrogens with one attached hydrogen (secondary N) is 1. The summed E-state index contributed by atoms with van der Waals surface area (Å²) in [6, 6.07) is 1.86. The smallest absolute Gasteiger partial charge is 0.220 e. The van der Waals surface area contributed by atoms with Crippen molar-refractivity contribution in [3.8, 4) is 11.3 Å². The Morgan fingerprint density at radius 1 is 1.30 bits per heavy atom. The lowest BCUT2D eigenvalue weighted by atomic mass is 9.92. The highest BCUT2D eigenvalue weighted by Crippen LogP contribution is 2.27. The van der Waals surface area contributed by atoms with Gasteiger partial charge in [0.15, 0.2) is 5.65 Å². The summed E-state index contributed by atoms with van der Waals surface area (Å²) in [5.74, 6) is 0.366. The Morgan fingerprint density at radius 2 is 2.15 bits per heavy atom. The molecule has 0 unspecified atom stereocenters. The molecular weight excluding hydrogens is 366 g/mol. The van der Waals surface area contributed by atoms with Crippen molar-refractivity contribution >= 4 is 27.1 Å². The van der Waals surface area contributed by atoms with Crippen LogP contribution in [0.2, 0.25) is 0 Å². The summed E-state index contributed by atoms with van der Waals surface area (Å²) >= 11 is 0. The molecule has 0 aliphatic carbocycles. The summed E-state index contributed by atoms with van der Waals surface area (Å²) in [7, 11) is -3.19. The van der Waals surface area contributed by atoms with Crippen LogP contribution in [0.15, 0.2) is 24.7 Å². The molecule has 1 saturated heterocycles. The van der Waals surface area contributed by atoms with Crippen LogP contribution in [-0.2, 0) is 16.4 Å². The molecule has 1 atom stereocenters. The Bertz CT molecular complexity index is 1080. The Hall–Kier alpha value is -2.59. The maximum absolute atomic E-state index is 11.9. The molecule has 0 aromatic carbocycles. The average molecular weight is 387 g/mol. The van der Waals surface area contributed by atoms with E-state index in [9.17, 15) is 8.42 Å². The minimum absolute atomic E-state index is 0.172. The van der Waals surface area contributed by atoms with Gasteiger partial charge in [-0.1, -0.05) is 0 Å². The molecule has 3 aromatic rings. The number of nitrogens with two attached hydrogens (primary N) is 1. The summed E-state index contributed by atoms with van der Waals surface area (Å²) < 4.78 is 25.3. The van der Waals surface area contributed by atoms with Crippen LogP contribution in [0.3, 0.4) is 0 Å². The van der Waals surface area contributed by atoms with Crippen molar-refractivity contribution < 1.29 is 8.42 Å². The fourth-order valence-corrected chi connectivity index (χ4v) is 4.47. The SMILES string of the molecule is CS(=O)(=O)N1CCC[C@H](Cc2nc(N)ncc2-c2cnc3[nH]ccc3n2)C1. The third-order valence-corrected chi connectivity index (χ3v) is 6.13. The molecule has 3 N–H and O–H groups in total. The van der Waals surface area contributed by atoms with Gasteiger partial charge in [0.1, 0.15) is 5.52 Å². The lowest BCUT2D eigenvalue weighted by Crippen LogP contribution is -2.40. The summed E-state index contributed by atoms with van der Waals surface area (Å²) in [6.45, 7) is 1.06. The minimum Gasteiger partial charge on any atom is -0.368 e. The number of nitrogens with zero attached hydrogens (tertiary/aromatic N) is 5. The molecule has 1 aliphatic rings. The maximum atomic E-state index is 11.9. The Kier molecular flexibility index (Phi) is 4.52. The third kappa shape index (κ3) is 3.76. The number of hydrogen-bond donors (Lipinski definition) is 2. The molecule has 4 heterocycles. The van der Waals surface area contributed by atoms with Crippen LogP contribution in [0.1, 0.15) is 18.5 Å². The largest absolute Gasteiger partial charge is 0.368 e. The molecule has 0 radical (unpaired) electrons. The number of hydrogen-bond acceptors (Lipinski definition) is 7. The van der Waals surface area contributed by atoms with E-state index in [1.165, 1.54) is 10.6 Å². The first kappa shape index (κ1) is 17.8. The highest BCUT2D eigenvalue weighted by molar-refractivity contribution is 7.88. The summed E-state index contributed by atoms with van der Waals surface area (Å²) in [5.41, 5.74) is 9.51. The molecular formula is C17H21N7O2S. The first-order chi connectivity index (χ1) is 12.9. The van der Waals surface area contributed by atoms with Gasteiger partial charge < -0.3 is 10.7 Å². The summed E-state index contributed by atoms with van der Waals surface area (Å²) in [4.78, 5) is 20.6. The van der Waals surface area contributed by atoms with Crippen LogP contribution in [0.5, 0.6) is 0 Å². The van der Waals surface area contributed by atoms with Gasteiger partial charge in [-0.3, -0.25) is 0 Å². The number of fused-ring (bicyclic) bond motifs is 1. The molecule has 9 nitrogen and oxygen atoms in total. The summed E-state index contributed by atoms with van der Waals surface area (Å²) in [5, 5.41) is 0. The molecule has 0 saturated carbocycles. The molecule has 1 aliphatic heterocycles. The predicted molar refractivity (Wildman–Crippen MR) is 102 cm³/mol. The van der Waals surface area contributed by atoms with Crippen molar-refractivity contribution in [3.63, 3.8) is 0 Å². The van der Waals surface area contributed by atoms with E-state index in [0.717, 1.165) is 29.6 Å². The van der Waals surface area contributed by atoms with Crippen molar-refractivity contribution in [2.45, 2.75) is 19.3 Å². The maximum Gasteiger partial charge on any atom is 0.220 e. The quantitative estimate of drug-likeness (QED) is 0.688. The van der Waals surface area contributed by atoms with Crippen molar-refractivity contribution in [1.82, 2.24) is 29.2 Å². The van der Waals surface area contributed by atoms with Crippen molar-refractivity contribution in [2.24, 2.45) is 5.92 Å². The van der Waals surface area contributed by atoms with Gasteiger partial charge in [-0.2, -0.15) is 0 Å². The number of aromatic amines is 1. The normalized spacial score (nSPS) is 18.8. The van der Waals surface area contributed by atoms with E-state index in [2.05, 4.69) is 24.9 Å². The number of aromatic nitrogens is 5. The molecule has 0 bridgehead atoms. The molecule has 1 fully saturated rings. The van der Waals surface area contributed by atoms with Gasteiger partial charge in [0.25, 0.3) is 0 Å². The highest BCUT2D eigenvalue weighted by atomic mass is 32.2. The van der Waals surface area contributed by atoms with Crippen LogP contribution in [0.4, 0.5) is 5.95 Å². The van der Waals surface area contributed by atoms with Gasteiger partial charge >= 0.3 is 0 Å². The number of anilines is 1. The van der Waals surface area contributed by atoms with E-state index < -0.39 is 10.0 Å². The fraction of sp³-hybridized carbons (Fsp3) is 0.412. The van der Waals surface area contributed by atoms with Crippen LogP contribution in [0.25, 0.3) is 22.4 Å². The first-order valence-electron chi connectivity index (χ1n) is 8.77. The zero-order valence-electron chi connectivity index (χ0n) is 15.0. The number of H-pyrrole nitrogens is 1. The zero-order valence-corrected chi connectivity index (χ0v) is 15.8. The van der Waals surface area contributed by atoms with Gasteiger partial charge in [-0.15, -0.1) is 0 Å². The van der Waals surface area contributed by atoms with Gasteiger partial charge in [0, 0.05) is 31.0 Å². The van der Waals surface area contributed by atoms with Crippen LogP contribution in [-0.4, -0.2) is 57.0 Å². The predicted octanol–water partition coefficient (Wildman–Crippen LogP) is 1.21. The lowest BCUT2D eigenvalue weighted by Gasteiger charge is -2.31. The number of sulfonamides is 1. The van der Waals surface area contributed by atoms with Gasteiger partial charge in [0.2, 0.25) is 16.0 Å². The Morgan fingerprint density at radius 3 is 2.96 bits per heavy atom.